The topological polar surface area (TPSA) is 45.5 Å². The number of amides is 1. The molecular weight excluding hydrogens is 284 g/mol. The van der Waals surface area contributed by atoms with Crippen molar-refractivity contribution in [1.29, 1.82) is 0 Å². The molecule has 96 valence electrons. The zero-order valence-electron chi connectivity index (χ0n) is 10.5. The van der Waals surface area contributed by atoms with Crippen LogP contribution in [0.25, 0.3) is 0 Å². The van der Waals surface area contributed by atoms with Crippen LogP contribution in [0.15, 0.2) is 21.2 Å². The molecular formula is C12H19BrN2O2. The number of hydrogen-bond donors (Lipinski definition) is 1. The molecule has 1 amide bonds. The summed E-state index contributed by atoms with van der Waals surface area (Å²) in [6, 6.07) is 3.90. The van der Waals surface area contributed by atoms with E-state index in [4.69, 9.17) is 4.42 Å². The van der Waals surface area contributed by atoms with E-state index >= 15 is 0 Å². The lowest BCUT2D eigenvalue weighted by molar-refractivity contribution is -0.131. The average Bonchev–Trinajstić information content (AvgIpc) is 2.64. The van der Waals surface area contributed by atoms with E-state index in [1.807, 2.05) is 26.0 Å². The summed E-state index contributed by atoms with van der Waals surface area (Å²) in [5, 5.41) is 3.22. The van der Waals surface area contributed by atoms with Crippen molar-refractivity contribution in [1.82, 2.24) is 10.2 Å². The van der Waals surface area contributed by atoms with Crippen molar-refractivity contribution in [3.63, 3.8) is 0 Å². The molecule has 0 spiro atoms. The summed E-state index contributed by atoms with van der Waals surface area (Å²) in [5.41, 5.74) is 0. The predicted octanol–water partition coefficient (Wildman–Crippen LogP) is 2.39. The fraction of sp³-hybridized carbons (Fsp3) is 0.583. The quantitative estimate of drug-likeness (QED) is 0.877. The summed E-state index contributed by atoms with van der Waals surface area (Å²) in [7, 11) is 1.79. The molecule has 0 aliphatic carbocycles. The molecule has 17 heavy (non-hydrogen) atoms. The predicted molar refractivity (Wildman–Crippen MR) is 70.6 cm³/mol. The standard InChI is InChI=1S/C12H19BrN2O2/c1-4-14-9(2)7-12(16)15(3)8-10-5-6-11(13)17-10/h5-6,9,14H,4,7-8H2,1-3H3. The van der Waals surface area contributed by atoms with Crippen LogP contribution in [0.5, 0.6) is 0 Å². The zero-order valence-corrected chi connectivity index (χ0v) is 12.1. The first-order chi connectivity index (χ1) is 8.02. The molecule has 0 aromatic carbocycles. The first-order valence-corrected chi connectivity index (χ1v) is 6.53. The van der Waals surface area contributed by atoms with Crippen LogP contribution in [-0.4, -0.2) is 30.4 Å². The van der Waals surface area contributed by atoms with Gasteiger partial charge < -0.3 is 14.6 Å². The third-order valence-electron chi connectivity index (χ3n) is 2.48. The maximum atomic E-state index is 11.9. The first kappa shape index (κ1) is 14.3. The molecule has 4 nitrogen and oxygen atoms in total. The minimum Gasteiger partial charge on any atom is -0.452 e. The normalized spacial score (nSPS) is 12.5. The van der Waals surface area contributed by atoms with Crippen LogP contribution in [0.2, 0.25) is 0 Å². The Morgan fingerprint density at radius 2 is 2.29 bits per heavy atom. The molecule has 5 heteroatoms. The van der Waals surface area contributed by atoms with Gasteiger partial charge in [-0.15, -0.1) is 0 Å². The third-order valence-corrected chi connectivity index (χ3v) is 2.91. The Morgan fingerprint density at radius 3 is 2.82 bits per heavy atom. The lowest BCUT2D eigenvalue weighted by Gasteiger charge is -2.18. The Labute approximate surface area is 110 Å². The van der Waals surface area contributed by atoms with E-state index in [1.165, 1.54) is 0 Å². The largest absolute Gasteiger partial charge is 0.452 e. The molecule has 1 rings (SSSR count). The monoisotopic (exact) mass is 302 g/mol. The first-order valence-electron chi connectivity index (χ1n) is 5.74. The van der Waals surface area contributed by atoms with Gasteiger partial charge in [0, 0.05) is 19.5 Å². The van der Waals surface area contributed by atoms with Gasteiger partial charge in [-0.05, 0) is 41.5 Å². The highest BCUT2D eigenvalue weighted by atomic mass is 79.9. The second-order valence-corrected chi connectivity index (χ2v) is 4.90. The van der Waals surface area contributed by atoms with Gasteiger partial charge >= 0.3 is 0 Å². The van der Waals surface area contributed by atoms with Crippen LogP contribution in [0.1, 0.15) is 26.0 Å². The van der Waals surface area contributed by atoms with Crippen LogP contribution < -0.4 is 5.32 Å². The van der Waals surface area contributed by atoms with Crippen LogP contribution in [0, 0.1) is 0 Å². The van der Waals surface area contributed by atoms with Crippen LogP contribution >= 0.6 is 15.9 Å². The van der Waals surface area contributed by atoms with Crippen molar-refractivity contribution < 1.29 is 9.21 Å². The number of furan rings is 1. The molecule has 1 N–H and O–H groups in total. The van der Waals surface area contributed by atoms with Gasteiger partial charge in [0.2, 0.25) is 5.91 Å². The van der Waals surface area contributed by atoms with E-state index in [1.54, 1.807) is 11.9 Å². The van der Waals surface area contributed by atoms with Crippen molar-refractivity contribution in [2.45, 2.75) is 32.9 Å². The highest BCUT2D eigenvalue weighted by molar-refractivity contribution is 9.10. The Bertz CT molecular complexity index is 365. The van der Waals surface area contributed by atoms with Gasteiger partial charge in [-0.25, -0.2) is 0 Å². The summed E-state index contributed by atoms with van der Waals surface area (Å²) >= 11 is 3.24. The molecule has 0 radical (unpaired) electrons. The number of rotatable bonds is 6. The summed E-state index contributed by atoms with van der Waals surface area (Å²) < 4.78 is 6.05. The number of carbonyl (C=O) groups excluding carboxylic acids is 1. The SMILES string of the molecule is CCNC(C)CC(=O)N(C)Cc1ccc(Br)o1. The molecule has 0 saturated carbocycles. The van der Waals surface area contributed by atoms with E-state index in [-0.39, 0.29) is 11.9 Å². The lowest BCUT2D eigenvalue weighted by atomic mass is 10.2. The Balaban J connectivity index is 2.41. The van der Waals surface area contributed by atoms with E-state index in [2.05, 4.69) is 21.2 Å². The average molecular weight is 303 g/mol. The second kappa shape index (κ2) is 6.81. The van der Waals surface area contributed by atoms with Gasteiger partial charge in [0.1, 0.15) is 5.76 Å². The van der Waals surface area contributed by atoms with E-state index < -0.39 is 0 Å². The van der Waals surface area contributed by atoms with E-state index in [9.17, 15) is 4.79 Å². The number of nitrogens with zero attached hydrogens (tertiary/aromatic N) is 1. The number of hydrogen-bond acceptors (Lipinski definition) is 3. The van der Waals surface area contributed by atoms with Crippen molar-refractivity contribution >= 4 is 21.8 Å². The smallest absolute Gasteiger partial charge is 0.224 e. The maximum absolute atomic E-state index is 11.9. The zero-order chi connectivity index (χ0) is 12.8. The highest BCUT2D eigenvalue weighted by Gasteiger charge is 2.14. The molecule has 0 fully saturated rings. The third kappa shape index (κ3) is 4.91. The minimum atomic E-state index is 0.117. The second-order valence-electron chi connectivity index (χ2n) is 4.12. The van der Waals surface area contributed by atoms with Crippen LogP contribution in [-0.2, 0) is 11.3 Å². The molecule has 1 unspecified atom stereocenters. The molecule has 0 bridgehead atoms. The van der Waals surface area contributed by atoms with E-state index in [0.29, 0.717) is 17.6 Å². The van der Waals surface area contributed by atoms with Gasteiger partial charge in [-0.1, -0.05) is 6.92 Å². The van der Waals surface area contributed by atoms with Crippen molar-refractivity contribution in [3.05, 3.63) is 22.6 Å². The van der Waals surface area contributed by atoms with Gasteiger partial charge in [-0.3, -0.25) is 4.79 Å². The minimum absolute atomic E-state index is 0.117. The van der Waals surface area contributed by atoms with Crippen LogP contribution in [0.4, 0.5) is 0 Å². The maximum Gasteiger partial charge on any atom is 0.224 e. The molecule has 0 aliphatic rings. The van der Waals surface area contributed by atoms with Gasteiger partial charge in [-0.2, -0.15) is 0 Å². The summed E-state index contributed by atoms with van der Waals surface area (Å²) in [6.07, 6.45) is 0.506. The van der Waals surface area contributed by atoms with E-state index in [0.717, 1.165) is 12.3 Å². The van der Waals surface area contributed by atoms with Gasteiger partial charge in [0.15, 0.2) is 4.67 Å². The molecule has 1 aromatic heterocycles. The molecule has 0 saturated heterocycles. The summed E-state index contributed by atoms with van der Waals surface area (Å²) in [4.78, 5) is 13.6. The Morgan fingerprint density at radius 1 is 1.59 bits per heavy atom. The number of nitrogens with one attached hydrogen (secondary N) is 1. The fourth-order valence-electron chi connectivity index (χ4n) is 1.60. The van der Waals surface area contributed by atoms with Crippen LogP contribution in [0.3, 0.4) is 0 Å². The molecule has 1 aromatic rings. The van der Waals surface area contributed by atoms with Crippen molar-refractivity contribution in [3.8, 4) is 0 Å². The highest BCUT2D eigenvalue weighted by Crippen LogP contribution is 2.15. The molecule has 1 heterocycles. The fourth-order valence-corrected chi connectivity index (χ4v) is 1.94. The Hall–Kier alpha value is -0.810. The van der Waals surface area contributed by atoms with Gasteiger partial charge in [0.25, 0.3) is 0 Å². The summed E-state index contributed by atoms with van der Waals surface area (Å²) in [6.45, 7) is 5.43. The molecule has 1 atom stereocenters. The van der Waals surface area contributed by atoms with Gasteiger partial charge in [0.05, 0.1) is 6.54 Å². The number of carbonyl (C=O) groups is 1. The van der Waals surface area contributed by atoms with Crippen molar-refractivity contribution in [2.75, 3.05) is 13.6 Å². The Kier molecular flexibility index (Phi) is 5.71. The lowest BCUT2D eigenvalue weighted by Crippen LogP contribution is -2.34. The molecule has 0 aliphatic heterocycles. The number of halogens is 1. The summed E-state index contributed by atoms with van der Waals surface area (Å²) in [5.74, 6) is 0.898. The van der Waals surface area contributed by atoms with Crippen molar-refractivity contribution in [2.24, 2.45) is 0 Å².